The van der Waals surface area contributed by atoms with Crippen molar-refractivity contribution in [1.82, 2.24) is 9.80 Å². The molecule has 0 aliphatic carbocycles. The van der Waals surface area contributed by atoms with E-state index in [-0.39, 0.29) is 0 Å². The number of hydrogen-bond donors (Lipinski definition) is 1. The first-order valence-electron chi connectivity index (χ1n) is 6.93. The zero-order valence-corrected chi connectivity index (χ0v) is 14.2. The predicted octanol–water partition coefficient (Wildman–Crippen LogP) is 2.78. The first kappa shape index (κ1) is 15.4. The lowest BCUT2D eigenvalue weighted by atomic mass is 9.95. The molecule has 5 heteroatoms. The van der Waals surface area contributed by atoms with E-state index in [0.717, 1.165) is 5.92 Å². The summed E-state index contributed by atoms with van der Waals surface area (Å²) in [5.41, 5.74) is 6.00. The van der Waals surface area contributed by atoms with Crippen LogP contribution in [-0.4, -0.2) is 50.1 Å². The van der Waals surface area contributed by atoms with Gasteiger partial charge in [0.15, 0.2) is 0 Å². The van der Waals surface area contributed by atoms with Crippen molar-refractivity contribution >= 4 is 27.3 Å². The van der Waals surface area contributed by atoms with Gasteiger partial charge >= 0.3 is 0 Å². The van der Waals surface area contributed by atoms with Gasteiger partial charge in [0.2, 0.25) is 0 Å². The van der Waals surface area contributed by atoms with Crippen LogP contribution in [0.5, 0.6) is 0 Å². The fraction of sp³-hybridized carbons (Fsp3) is 0.714. The molecule has 1 unspecified atom stereocenters. The molecular weight excluding hydrogens is 322 g/mol. The summed E-state index contributed by atoms with van der Waals surface area (Å²) in [6, 6.07) is 2.62. The average molecular weight is 346 g/mol. The molecule has 3 nitrogen and oxygen atoms in total. The van der Waals surface area contributed by atoms with Crippen molar-refractivity contribution in [2.45, 2.75) is 18.9 Å². The lowest BCUT2D eigenvalue weighted by molar-refractivity contribution is 0.124. The smallest absolute Gasteiger partial charge is 0.0564 e. The number of nitrogens with two attached hydrogens (primary N) is 1. The van der Waals surface area contributed by atoms with Gasteiger partial charge < -0.3 is 10.6 Å². The van der Waals surface area contributed by atoms with E-state index in [1.165, 1.54) is 41.8 Å². The van der Waals surface area contributed by atoms with Crippen molar-refractivity contribution in [3.05, 3.63) is 20.8 Å². The second kappa shape index (κ2) is 7.18. The molecule has 0 spiro atoms. The standard InChI is InChI=1S/C14H24BrN3S/c1-17(2)9-11-3-5-18(6-4-11)13(8-16)14-7-12(15)10-19-14/h7,10-11,13H,3-6,8-9,16H2,1-2H3. The quantitative estimate of drug-likeness (QED) is 0.890. The second-order valence-electron chi connectivity index (χ2n) is 5.66. The van der Waals surface area contributed by atoms with E-state index < -0.39 is 0 Å². The molecule has 108 valence electrons. The normalized spacial score (nSPS) is 20.1. The molecule has 0 amide bonds. The zero-order chi connectivity index (χ0) is 13.8. The largest absolute Gasteiger partial charge is 0.329 e. The summed E-state index contributed by atoms with van der Waals surface area (Å²) < 4.78 is 1.17. The van der Waals surface area contributed by atoms with Gasteiger partial charge in [0, 0.05) is 27.8 Å². The molecule has 0 radical (unpaired) electrons. The van der Waals surface area contributed by atoms with Crippen molar-refractivity contribution in [2.24, 2.45) is 11.7 Å². The average Bonchev–Trinajstić information content (AvgIpc) is 2.78. The van der Waals surface area contributed by atoms with Crippen LogP contribution in [0.1, 0.15) is 23.8 Å². The summed E-state index contributed by atoms with van der Waals surface area (Å²) in [5, 5.41) is 2.15. The van der Waals surface area contributed by atoms with Crippen LogP contribution in [0.2, 0.25) is 0 Å². The van der Waals surface area contributed by atoms with E-state index >= 15 is 0 Å². The number of thiophene rings is 1. The van der Waals surface area contributed by atoms with Crippen LogP contribution in [0.3, 0.4) is 0 Å². The van der Waals surface area contributed by atoms with Crippen molar-refractivity contribution in [2.75, 3.05) is 40.3 Å². The number of halogens is 1. The summed E-state index contributed by atoms with van der Waals surface area (Å²) in [6.45, 7) is 4.28. The van der Waals surface area contributed by atoms with E-state index in [1.54, 1.807) is 0 Å². The van der Waals surface area contributed by atoms with Crippen LogP contribution < -0.4 is 5.73 Å². The van der Waals surface area contributed by atoms with Gasteiger partial charge in [0.05, 0.1) is 6.04 Å². The minimum atomic E-state index is 0.400. The monoisotopic (exact) mass is 345 g/mol. The van der Waals surface area contributed by atoms with Gasteiger partial charge in [-0.3, -0.25) is 4.90 Å². The van der Waals surface area contributed by atoms with Crippen LogP contribution in [0.4, 0.5) is 0 Å². The number of piperidine rings is 1. The molecule has 1 atom stereocenters. The second-order valence-corrected chi connectivity index (χ2v) is 7.52. The molecular formula is C14H24BrN3S. The molecule has 2 rings (SSSR count). The van der Waals surface area contributed by atoms with Gasteiger partial charge in [-0.25, -0.2) is 0 Å². The summed E-state index contributed by atoms with van der Waals surface area (Å²) >= 11 is 5.35. The highest BCUT2D eigenvalue weighted by atomic mass is 79.9. The molecule has 1 aliphatic heterocycles. The molecule has 1 aliphatic rings. The Morgan fingerprint density at radius 2 is 2.16 bits per heavy atom. The van der Waals surface area contributed by atoms with E-state index in [4.69, 9.17) is 5.73 Å². The van der Waals surface area contributed by atoms with Gasteiger partial charge in [-0.15, -0.1) is 11.3 Å². The maximum Gasteiger partial charge on any atom is 0.0564 e. The van der Waals surface area contributed by atoms with Crippen LogP contribution in [0.25, 0.3) is 0 Å². The molecule has 0 aromatic carbocycles. The summed E-state index contributed by atoms with van der Waals surface area (Å²) in [6.07, 6.45) is 2.59. The Morgan fingerprint density at radius 3 is 2.63 bits per heavy atom. The molecule has 0 saturated carbocycles. The molecule has 2 N–H and O–H groups in total. The Labute approximate surface area is 128 Å². The molecule has 1 aromatic heterocycles. The summed E-state index contributed by atoms with van der Waals surface area (Å²) in [7, 11) is 4.33. The van der Waals surface area contributed by atoms with E-state index in [0.29, 0.717) is 12.6 Å². The van der Waals surface area contributed by atoms with E-state index in [2.05, 4.69) is 51.3 Å². The SMILES string of the molecule is CN(C)CC1CCN(C(CN)c2cc(Br)cs2)CC1. The Balaban J connectivity index is 1.92. The van der Waals surface area contributed by atoms with Crippen LogP contribution in [0.15, 0.2) is 15.9 Å². The first-order valence-corrected chi connectivity index (χ1v) is 8.60. The van der Waals surface area contributed by atoms with E-state index in [1.807, 2.05) is 11.3 Å². The highest BCUT2D eigenvalue weighted by Gasteiger charge is 2.26. The predicted molar refractivity (Wildman–Crippen MR) is 86.7 cm³/mol. The fourth-order valence-corrected chi connectivity index (χ4v) is 4.50. The molecule has 19 heavy (non-hydrogen) atoms. The Bertz CT molecular complexity index is 386. The zero-order valence-electron chi connectivity index (χ0n) is 11.8. The topological polar surface area (TPSA) is 32.5 Å². The third-order valence-electron chi connectivity index (χ3n) is 3.85. The molecule has 0 bridgehead atoms. The maximum atomic E-state index is 6.00. The molecule has 1 aromatic rings. The van der Waals surface area contributed by atoms with Crippen molar-refractivity contribution in [3.8, 4) is 0 Å². The van der Waals surface area contributed by atoms with Crippen molar-refractivity contribution < 1.29 is 0 Å². The van der Waals surface area contributed by atoms with Gasteiger partial charge in [-0.1, -0.05) is 0 Å². The third-order valence-corrected chi connectivity index (χ3v) is 5.65. The molecule has 1 fully saturated rings. The lowest BCUT2D eigenvalue weighted by Crippen LogP contribution is -2.41. The minimum Gasteiger partial charge on any atom is -0.329 e. The van der Waals surface area contributed by atoms with Gasteiger partial charge in [0.1, 0.15) is 0 Å². The molecule has 2 heterocycles. The number of hydrogen-bond acceptors (Lipinski definition) is 4. The minimum absolute atomic E-state index is 0.400. The molecule has 1 saturated heterocycles. The van der Waals surface area contributed by atoms with Gasteiger partial charge in [-0.05, 0) is 67.9 Å². The van der Waals surface area contributed by atoms with Crippen LogP contribution in [-0.2, 0) is 0 Å². The van der Waals surface area contributed by atoms with Crippen molar-refractivity contribution in [1.29, 1.82) is 0 Å². The highest BCUT2D eigenvalue weighted by Crippen LogP contribution is 2.31. The fourth-order valence-electron chi connectivity index (χ4n) is 2.91. The van der Waals surface area contributed by atoms with E-state index in [9.17, 15) is 0 Å². The van der Waals surface area contributed by atoms with Crippen molar-refractivity contribution in [3.63, 3.8) is 0 Å². The maximum absolute atomic E-state index is 6.00. The highest BCUT2D eigenvalue weighted by molar-refractivity contribution is 9.10. The Kier molecular flexibility index (Phi) is 5.84. The summed E-state index contributed by atoms with van der Waals surface area (Å²) in [5.74, 6) is 0.847. The third kappa shape index (κ3) is 4.26. The van der Waals surface area contributed by atoms with Crippen LogP contribution in [0, 0.1) is 5.92 Å². The lowest BCUT2D eigenvalue weighted by Gasteiger charge is -2.37. The first-order chi connectivity index (χ1) is 9.10. The van der Waals surface area contributed by atoms with Crippen LogP contribution >= 0.6 is 27.3 Å². The Hall–Kier alpha value is 0.0600. The number of likely N-dealkylation sites (tertiary alicyclic amines) is 1. The number of nitrogens with zero attached hydrogens (tertiary/aromatic N) is 2. The summed E-state index contributed by atoms with van der Waals surface area (Å²) in [4.78, 5) is 6.25. The van der Waals surface area contributed by atoms with Gasteiger partial charge in [-0.2, -0.15) is 0 Å². The Morgan fingerprint density at radius 1 is 1.47 bits per heavy atom. The number of rotatable bonds is 5. The van der Waals surface area contributed by atoms with Gasteiger partial charge in [0.25, 0.3) is 0 Å².